The Bertz CT molecular complexity index is 937. The number of aromatic hydroxyl groups is 1. The molecule has 0 saturated carbocycles. The van der Waals surface area contributed by atoms with E-state index in [-0.39, 0.29) is 56.1 Å². The van der Waals surface area contributed by atoms with E-state index in [1.807, 2.05) is 4.90 Å². The molecular formula is C21H24N4O7. The quantitative estimate of drug-likeness (QED) is 0.466. The second-order valence-corrected chi connectivity index (χ2v) is 7.07. The van der Waals surface area contributed by atoms with Crippen molar-refractivity contribution < 1.29 is 29.1 Å². The largest absolute Gasteiger partial charge is 0.508 e. The minimum absolute atomic E-state index is 0.0703. The molecule has 0 radical (unpaired) electrons. The van der Waals surface area contributed by atoms with Gasteiger partial charge in [-0.3, -0.25) is 24.6 Å². The average molecular weight is 444 g/mol. The van der Waals surface area contributed by atoms with Crippen LogP contribution < -0.4 is 20.1 Å². The topological polar surface area (TPSA) is 143 Å². The Morgan fingerprint density at radius 3 is 2.06 bits per heavy atom. The Morgan fingerprint density at radius 2 is 1.53 bits per heavy atom. The molecule has 1 heterocycles. The molecule has 2 aromatic rings. The van der Waals surface area contributed by atoms with E-state index >= 15 is 0 Å². The van der Waals surface area contributed by atoms with Crippen LogP contribution in [0.5, 0.6) is 17.2 Å². The Morgan fingerprint density at radius 1 is 0.969 bits per heavy atom. The molecule has 0 unspecified atom stereocenters. The SMILES string of the molecule is O=C1COc2ccccc2OCC(=O)NCCN(Cc2cc([N+](=O)[O-])ccc2O)CCN1. The highest BCUT2D eigenvalue weighted by molar-refractivity contribution is 5.78. The molecule has 11 heteroatoms. The number of nitrogens with zero attached hydrogens (tertiary/aromatic N) is 2. The lowest BCUT2D eigenvalue weighted by molar-refractivity contribution is -0.385. The predicted molar refractivity (Wildman–Crippen MR) is 113 cm³/mol. The second-order valence-electron chi connectivity index (χ2n) is 7.07. The number of rotatable bonds is 3. The highest BCUT2D eigenvalue weighted by atomic mass is 16.6. The van der Waals surface area contributed by atoms with Gasteiger partial charge in [-0.05, 0) is 18.2 Å². The molecule has 0 bridgehead atoms. The number of non-ortho nitro benzene ring substituents is 1. The van der Waals surface area contributed by atoms with Gasteiger partial charge in [-0.15, -0.1) is 0 Å². The van der Waals surface area contributed by atoms with E-state index in [1.165, 1.54) is 18.2 Å². The number of nitro groups is 1. The van der Waals surface area contributed by atoms with E-state index in [9.17, 15) is 24.8 Å². The first-order valence-corrected chi connectivity index (χ1v) is 9.99. The molecule has 0 saturated heterocycles. The van der Waals surface area contributed by atoms with Gasteiger partial charge in [0.15, 0.2) is 24.7 Å². The summed E-state index contributed by atoms with van der Waals surface area (Å²) in [6.45, 7) is 1.08. The van der Waals surface area contributed by atoms with Crippen LogP contribution in [-0.2, 0) is 16.1 Å². The molecule has 3 N–H and O–H groups in total. The molecule has 170 valence electrons. The highest BCUT2D eigenvalue weighted by Gasteiger charge is 2.16. The Labute approximate surface area is 184 Å². The van der Waals surface area contributed by atoms with Crippen LogP contribution in [0.15, 0.2) is 42.5 Å². The van der Waals surface area contributed by atoms with E-state index in [0.29, 0.717) is 30.2 Å². The molecule has 0 atom stereocenters. The van der Waals surface area contributed by atoms with Crippen molar-refractivity contribution in [2.24, 2.45) is 0 Å². The standard InChI is InChI=1S/C21H24N4O7/c26-17-6-5-16(25(29)30)11-15(17)12-24-9-7-22-20(27)13-31-18-3-1-2-4-19(18)32-14-21(28)23-8-10-24/h1-6,11,26H,7-10,12-14H2,(H,22,27)(H,23,28). The van der Waals surface area contributed by atoms with Crippen LogP contribution in [0.2, 0.25) is 0 Å². The van der Waals surface area contributed by atoms with Gasteiger partial charge in [-0.1, -0.05) is 12.1 Å². The van der Waals surface area contributed by atoms with Crippen LogP contribution in [0.3, 0.4) is 0 Å². The second kappa shape index (κ2) is 11.0. The molecule has 3 rings (SSSR count). The number of ether oxygens (including phenoxy) is 2. The average Bonchev–Trinajstić information content (AvgIpc) is 2.77. The summed E-state index contributed by atoms with van der Waals surface area (Å²) in [4.78, 5) is 36.7. The lowest BCUT2D eigenvalue weighted by Crippen LogP contribution is -2.40. The van der Waals surface area contributed by atoms with E-state index in [4.69, 9.17) is 9.47 Å². The Balaban J connectivity index is 1.69. The molecule has 0 aliphatic carbocycles. The number of para-hydroxylation sites is 2. The van der Waals surface area contributed by atoms with Gasteiger partial charge in [0.05, 0.1) is 4.92 Å². The zero-order valence-corrected chi connectivity index (χ0v) is 17.3. The molecule has 0 spiro atoms. The first-order chi connectivity index (χ1) is 15.4. The van der Waals surface area contributed by atoms with Gasteiger partial charge in [-0.2, -0.15) is 0 Å². The highest BCUT2D eigenvalue weighted by Crippen LogP contribution is 2.26. The maximum absolute atomic E-state index is 12.1. The number of nitrogens with one attached hydrogen (secondary N) is 2. The molecule has 0 aromatic heterocycles. The van der Waals surface area contributed by atoms with Crippen LogP contribution in [0.25, 0.3) is 0 Å². The molecule has 0 fully saturated rings. The molecule has 2 aromatic carbocycles. The number of carbonyl (C=O) groups excluding carboxylic acids is 2. The smallest absolute Gasteiger partial charge is 0.270 e. The molecule has 32 heavy (non-hydrogen) atoms. The molecular weight excluding hydrogens is 420 g/mol. The van der Waals surface area contributed by atoms with Crippen LogP contribution >= 0.6 is 0 Å². The lowest BCUT2D eigenvalue weighted by Gasteiger charge is -2.23. The fraction of sp³-hybridized carbons (Fsp3) is 0.333. The zero-order valence-electron chi connectivity index (χ0n) is 17.3. The summed E-state index contributed by atoms with van der Waals surface area (Å²) >= 11 is 0. The number of amides is 2. The van der Waals surface area contributed by atoms with Crippen molar-refractivity contribution >= 4 is 17.5 Å². The van der Waals surface area contributed by atoms with Crippen LogP contribution in [0, 0.1) is 10.1 Å². The number of carbonyl (C=O) groups is 2. The number of fused-ring (bicyclic) bond motifs is 1. The van der Waals surface area contributed by atoms with Crippen molar-refractivity contribution in [2.45, 2.75) is 6.54 Å². The van der Waals surface area contributed by atoms with Gasteiger partial charge < -0.3 is 25.2 Å². The monoisotopic (exact) mass is 444 g/mol. The van der Waals surface area contributed by atoms with Crippen molar-refractivity contribution in [1.29, 1.82) is 0 Å². The van der Waals surface area contributed by atoms with Crippen molar-refractivity contribution in [2.75, 3.05) is 39.4 Å². The number of phenols is 1. The molecule has 1 aliphatic rings. The Kier molecular flexibility index (Phi) is 7.81. The number of benzene rings is 2. The van der Waals surface area contributed by atoms with Crippen molar-refractivity contribution in [1.82, 2.24) is 15.5 Å². The fourth-order valence-electron chi connectivity index (χ4n) is 3.11. The summed E-state index contributed by atoms with van der Waals surface area (Å²) in [5.41, 5.74) is 0.239. The lowest BCUT2D eigenvalue weighted by atomic mass is 10.1. The number of hydrogen-bond acceptors (Lipinski definition) is 8. The van der Waals surface area contributed by atoms with Crippen molar-refractivity contribution in [3.8, 4) is 17.2 Å². The molecule has 11 nitrogen and oxygen atoms in total. The van der Waals surface area contributed by atoms with E-state index in [0.717, 1.165) is 0 Å². The fourth-order valence-corrected chi connectivity index (χ4v) is 3.11. The number of hydrogen-bond donors (Lipinski definition) is 3. The summed E-state index contributed by atoms with van der Waals surface area (Å²) in [7, 11) is 0. The first kappa shape index (κ1) is 22.8. The Hall–Kier alpha value is -3.86. The van der Waals surface area contributed by atoms with Gasteiger partial charge in [-0.25, -0.2) is 0 Å². The van der Waals surface area contributed by atoms with Crippen LogP contribution in [0.4, 0.5) is 5.69 Å². The third kappa shape index (κ3) is 6.57. The normalized spacial score (nSPS) is 16.2. The third-order valence-electron chi connectivity index (χ3n) is 4.73. The van der Waals surface area contributed by atoms with Gasteiger partial charge in [0.25, 0.3) is 17.5 Å². The van der Waals surface area contributed by atoms with Gasteiger partial charge >= 0.3 is 0 Å². The maximum Gasteiger partial charge on any atom is 0.270 e. The van der Waals surface area contributed by atoms with E-state index in [1.54, 1.807) is 24.3 Å². The van der Waals surface area contributed by atoms with Crippen molar-refractivity contribution in [3.63, 3.8) is 0 Å². The summed E-state index contributed by atoms with van der Waals surface area (Å²) in [5, 5.41) is 26.6. The van der Waals surface area contributed by atoms with Crippen LogP contribution in [-0.4, -0.2) is 66.1 Å². The summed E-state index contributed by atoms with van der Waals surface area (Å²) in [6, 6.07) is 10.6. The first-order valence-electron chi connectivity index (χ1n) is 9.99. The predicted octanol–water partition coefficient (Wildman–Crippen LogP) is 0.806. The minimum Gasteiger partial charge on any atom is -0.508 e. The number of nitro benzene ring substituents is 1. The molecule has 2 amide bonds. The summed E-state index contributed by atoms with van der Waals surface area (Å²) in [5.74, 6) is -0.0237. The minimum atomic E-state index is -0.535. The summed E-state index contributed by atoms with van der Waals surface area (Å²) < 4.78 is 11.0. The number of phenolic OH excluding ortho intramolecular Hbond substituents is 1. The van der Waals surface area contributed by atoms with E-state index < -0.39 is 4.92 Å². The third-order valence-corrected chi connectivity index (χ3v) is 4.73. The van der Waals surface area contributed by atoms with Gasteiger partial charge in [0.1, 0.15) is 5.75 Å². The maximum atomic E-state index is 12.1. The van der Waals surface area contributed by atoms with E-state index in [2.05, 4.69) is 10.6 Å². The van der Waals surface area contributed by atoms with Crippen molar-refractivity contribution in [3.05, 3.63) is 58.1 Å². The van der Waals surface area contributed by atoms with Crippen LogP contribution in [0.1, 0.15) is 5.56 Å². The molecule has 1 aliphatic heterocycles. The zero-order chi connectivity index (χ0) is 22.9. The van der Waals surface area contributed by atoms with Gasteiger partial charge in [0, 0.05) is 50.4 Å². The summed E-state index contributed by atoms with van der Waals surface area (Å²) in [6.07, 6.45) is 0. The van der Waals surface area contributed by atoms with Gasteiger partial charge in [0.2, 0.25) is 0 Å².